The fourth-order valence-corrected chi connectivity index (χ4v) is 1.72. The van der Waals surface area contributed by atoms with Gasteiger partial charge in [0.15, 0.2) is 5.15 Å². The number of aromatic nitrogens is 2. The minimum absolute atomic E-state index is 0.321. The smallest absolute Gasteiger partial charge is 0.151 e. The maximum atomic E-state index is 9.41. The molecule has 0 fully saturated rings. The van der Waals surface area contributed by atoms with Crippen molar-refractivity contribution in [2.24, 2.45) is 0 Å². The summed E-state index contributed by atoms with van der Waals surface area (Å²) in [7, 11) is 0. The second-order valence-corrected chi connectivity index (χ2v) is 4.23. The molecule has 0 saturated heterocycles. The topological polar surface area (TPSA) is 49.6 Å². The van der Waals surface area contributed by atoms with Crippen LogP contribution in [0.3, 0.4) is 0 Å². The van der Waals surface area contributed by atoms with Crippen LogP contribution in [0, 0.1) is 11.3 Å². The standard InChI is InChI=1S/C13H10ClN3/c1-13(9-15,10-5-3-2-4-6-10)11-7-8-12(14)17-16-11/h2-8H,1H3. The zero-order valence-electron chi connectivity index (χ0n) is 9.26. The van der Waals surface area contributed by atoms with E-state index in [-0.39, 0.29) is 0 Å². The third kappa shape index (κ3) is 2.13. The molecule has 0 radical (unpaired) electrons. The van der Waals surface area contributed by atoms with Crippen LogP contribution in [0.25, 0.3) is 0 Å². The van der Waals surface area contributed by atoms with Gasteiger partial charge in [-0.15, -0.1) is 5.10 Å². The number of nitrogens with zero attached hydrogens (tertiary/aromatic N) is 3. The van der Waals surface area contributed by atoms with Gasteiger partial charge in [0.1, 0.15) is 5.41 Å². The maximum absolute atomic E-state index is 9.41. The molecule has 0 aliphatic heterocycles. The fraction of sp³-hybridized carbons (Fsp3) is 0.154. The normalized spacial score (nSPS) is 13.7. The Labute approximate surface area is 105 Å². The second kappa shape index (κ2) is 4.52. The first-order chi connectivity index (χ1) is 8.16. The number of benzene rings is 1. The summed E-state index contributed by atoms with van der Waals surface area (Å²) < 4.78 is 0. The third-order valence-corrected chi connectivity index (χ3v) is 2.92. The first-order valence-electron chi connectivity index (χ1n) is 5.13. The van der Waals surface area contributed by atoms with Gasteiger partial charge in [0.2, 0.25) is 0 Å². The lowest BCUT2D eigenvalue weighted by Gasteiger charge is -2.20. The van der Waals surface area contributed by atoms with Gasteiger partial charge < -0.3 is 0 Å². The molecule has 1 heterocycles. The summed E-state index contributed by atoms with van der Waals surface area (Å²) >= 11 is 5.69. The van der Waals surface area contributed by atoms with E-state index in [1.807, 2.05) is 37.3 Å². The first-order valence-corrected chi connectivity index (χ1v) is 5.51. The van der Waals surface area contributed by atoms with E-state index in [1.165, 1.54) is 0 Å². The predicted molar refractivity (Wildman–Crippen MR) is 65.6 cm³/mol. The molecule has 2 rings (SSSR count). The molecule has 84 valence electrons. The van der Waals surface area contributed by atoms with Crippen molar-refractivity contribution in [2.75, 3.05) is 0 Å². The monoisotopic (exact) mass is 243 g/mol. The van der Waals surface area contributed by atoms with E-state index < -0.39 is 5.41 Å². The lowest BCUT2D eigenvalue weighted by atomic mass is 9.81. The van der Waals surface area contributed by atoms with Gasteiger partial charge in [0.05, 0.1) is 11.8 Å². The summed E-state index contributed by atoms with van der Waals surface area (Å²) in [4.78, 5) is 0. The minimum Gasteiger partial charge on any atom is -0.197 e. The number of halogens is 1. The Morgan fingerprint density at radius 1 is 1.12 bits per heavy atom. The van der Waals surface area contributed by atoms with Crippen molar-refractivity contribution in [3.8, 4) is 6.07 Å². The molecule has 0 aliphatic carbocycles. The van der Waals surface area contributed by atoms with Gasteiger partial charge in [-0.3, -0.25) is 0 Å². The molecular weight excluding hydrogens is 234 g/mol. The summed E-state index contributed by atoms with van der Waals surface area (Å²) in [6.45, 7) is 1.82. The van der Waals surface area contributed by atoms with Gasteiger partial charge in [0, 0.05) is 0 Å². The Morgan fingerprint density at radius 3 is 2.35 bits per heavy atom. The molecule has 0 saturated carbocycles. The molecule has 4 heteroatoms. The van der Waals surface area contributed by atoms with Crippen LogP contribution in [0.5, 0.6) is 0 Å². The van der Waals surface area contributed by atoms with Gasteiger partial charge >= 0.3 is 0 Å². The average Bonchev–Trinajstić information content (AvgIpc) is 2.40. The average molecular weight is 244 g/mol. The van der Waals surface area contributed by atoms with E-state index >= 15 is 0 Å². The van der Waals surface area contributed by atoms with Crippen LogP contribution in [-0.2, 0) is 5.41 Å². The molecular formula is C13H10ClN3. The molecule has 0 N–H and O–H groups in total. The number of rotatable bonds is 2. The fourth-order valence-electron chi connectivity index (χ4n) is 1.62. The highest BCUT2D eigenvalue weighted by molar-refractivity contribution is 6.29. The van der Waals surface area contributed by atoms with Crippen LogP contribution in [0.1, 0.15) is 18.2 Å². The quantitative estimate of drug-likeness (QED) is 0.815. The minimum atomic E-state index is -0.807. The molecule has 0 amide bonds. The lowest BCUT2D eigenvalue weighted by molar-refractivity contribution is 0.688. The van der Waals surface area contributed by atoms with Crippen molar-refractivity contribution in [2.45, 2.75) is 12.3 Å². The number of nitriles is 1. The highest BCUT2D eigenvalue weighted by atomic mass is 35.5. The maximum Gasteiger partial charge on any atom is 0.151 e. The molecule has 1 aromatic carbocycles. The van der Waals surface area contributed by atoms with Crippen LogP contribution < -0.4 is 0 Å². The van der Waals surface area contributed by atoms with E-state index in [2.05, 4.69) is 16.3 Å². The third-order valence-electron chi connectivity index (χ3n) is 2.72. The predicted octanol–water partition coefficient (Wildman–Crippen LogP) is 2.96. The Balaban J connectivity index is 2.53. The zero-order chi connectivity index (χ0) is 12.3. The van der Waals surface area contributed by atoms with Crippen LogP contribution in [-0.4, -0.2) is 10.2 Å². The molecule has 17 heavy (non-hydrogen) atoms. The van der Waals surface area contributed by atoms with Gasteiger partial charge in [0.25, 0.3) is 0 Å². The Kier molecular flexibility index (Phi) is 3.08. The molecule has 0 aliphatic rings. The molecule has 1 atom stereocenters. The van der Waals surface area contributed by atoms with E-state index in [1.54, 1.807) is 12.1 Å². The lowest BCUT2D eigenvalue weighted by Crippen LogP contribution is -2.23. The Hall–Kier alpha value is -1.92. The van der Waals surface area contributed by atoms with E-state index in [0.29, 0.717) is 10.8 Å². The van der Waals surface area contributed by atoms with Crippen molar-refractivity contribution in [1.29, 1.82) is 5.26 Å². The van der Waals surface area contributed by atoms with E-state index in [0.717, 1.165) is 5.56 Å². The molecule has 3 nitrogen and oxygen atoms in total. The highest BCUT2D eigenvalue weighted by Crippen LogP contribution is 2.29. The first kappa shape index (κ1) is 11.6. The van der Waals surface area contributed by atoms with Gasteiger partial charge in [-0.25, -0.2) is 0 Å². The van der Waals surface area contributed by atoms with Crippen molar-refractivity contribution >= 4 is 11.6 Å². The SMILES string of the molecule is CC(C#N)(c1ccccc1)c1ccc(Cl)nn1. The number of hydrogen-bond acceptors (Lipinski definition) is 3. The van der Waals surface area contributed by atoms with Crippen molar-refractivity contribution in [3.63, 3.8) is 0 Å². The summed E-state index contributed by atoms with van der Waals surface area (Å²) in [6.07, 6.45) is 0. The van der Waals surface area contributed by atoms with Gasteiger partial charge in [-0.2, -0.15) is 10.4 Å². The molecule has 0 bridgehead atoms. The van der Waals surface area contributed by atoms with Crippen LogP contribution >= 0.6 is 11.6 Å². The molecule has 1 unspecified atom stereocenters. The van der Waals surface area contributed by atoms with E-state index in [4.69, 9.17) is 11.6 Å². The molecule has 0 spiro atoms. The molecule has 2 aromatic rings. The van der Waals surface area contributed by atoms with Crippen molar-refractivity contribution < 1.29 is 0 Å². The summed E-state index contributed by atoms with van der Waals surface area (Å²) in [6, 6.07) is 15.2. The van der Waals surface area contributed by atoms with Crippen molar-refractivity contribution in [1.82, 2.24) is 10.2 Å². The van der Waals surface area contributed by atoms with Gasteiger partial charge in [-0.1, -0.05) is 41.9 Å². The second-order valence-electron chi connectivity index (χ2n) is 3.84. The summed E-state index contributed by atoms with van der Waals surface area (Å²) in [5.74, 6) is 0. The van der Waals surface area contributed by atoms with Crippen molar-refractivity contribution in [3.05, 3.63) is 58.9 Å². The summed E-state index contributed by atoms with van der Waals surface area (Å²) in [5, 5.41) is 17.5. The van der Waals surface area contributed by atoms with E-state index in [9.17, 15) is 5.26 Å². The van der Waals surface area contributed by atoms with Gasteiger partial charge in [-0.05, 0) is 24.6 Å². The van der Waals surface area contributed by atoms with Crippen LogP contribution in [0.2, 0.25) is 5.15 Å². The Morgan fingerprint density at radius 2 is 1.82 bits per heavy atom. The largest absolute Gasteiger partial charge is 0.197 e. The van der Waals surface area contributed by atoms with Crippen LogP contribution in [0.4, 0.5) is 0 Å². The Bertz CT molecular complexity index is 545. The number of hydrogen-bond donors (Lipinski definition) is 0. The highest BCUT2D eigenvalue weighted by Gasteiger charge is 2.30. The molecule has 1 aromatic heterocycles. The zero-order valence-corrected chi connectivity index (χ0v) is 10.0. The van der Waals surface area contributed by atoms with Crippen LogP contribution in [0.15, 0.2) is 42.5 Å². The summed E-state index contributed by atoms with van der Waals surface area (Å²) in [5.41, 5.74) is 0.675.